The lowest BCUT2D eigenvalue weighted by atomic mass is 10.2. The zero-order valence-corrected chi connectivity index (χ0v) is 12.4. The standard InChI is InChI=1S/C14H24N4O/c1-5-6-7-8-17(3)13-9-14(16-11-15-13)18(4)10-12(2)19/h9,11H,5-8,10H2,1-4H3. The van der Waals surface area contributed by atoms with Gasteiger partial charge in [-0.25, -0.2) is 9.97 Å². The van der Waals surface area contributed by atoms with Gasteiger partial charge in [0.25, 0.3) is 0 Å². The Bertz CT molecular complexity index is 408. The van der Waals surface area contributed by atoms with E-state index in [4.69, 9.17) is 0 Å². The Labute approximate surface area is 115 Å². The number of likely N-dealkylation sites (N-methyl/N-ethyl adjacent to an activating group) is 1. The van der Waals surface area contributed by atoms with Crippen LogP contribution >= 0.6 is 0 Å². The lowest BCUT2D eigenvalue weighted by Crippen LogP contribution is -2.26. The lowest BCUT2D eigenvalue weighted by Gasteiger charge is -2.21. The van der Waals surface area contributed by atoms with Gasteiger partial charge in [-0.2, -0.15) is 0 Å². The van der Waals surface area contributed by atoms with Gasteiger partial charge in [0.05, 0.1) is 6.54 Å². The zero-order chi connectivity index (χ0) is 14.3. The molecule has 5 nitrogen and oxygen atoms in total. The number of hydrogen-bond donors (Lipinski definition) is 0. The van der Waals surface area contributed by atoms with Gasteiger partial charge in [-0.15, -0.1) is 0 Å². The fourth-order valence-electron chi connectivity index (χ4n) is 1.88. The first-order chi connectivity index (χ1) is 9.04. The minimum absolute atomic E-state index is 0.124. The first kappa shape index (κ1) is 15.4. The molecule has 0 fully saturated rings. The highest BCUT2D eigenvalue weighted by atomic mass is 16.1. The van der Waals surface area contributed by atoms with Crippen LogP contribution in [0.4, 0.5) is 11.6 Å². The second-order valence-electron chi connectivity index (χ2n) is 4.92. The number of Topliss-reactive ketones (excluding diaryl/α,β-unsaturated/α-hetero) is 1. The summed E-state index contributed by atoms with van der Waals surface area (Å²) in [6.45, 7) is 5.13. The average molecular weight is 264 g/mol. The third-order valence-electron chi connectivity index (χ3n) is 2.98. The molecule has 106 valence electrons. The van der Waals surface area contributed by atoms with Crippen molar-refractivity contribution in [3.63, 3.8) is 0 Å². The van der Waals surface area contributed by atoms with E-state index in [2.05, 4.69) is 21.8 Å². The van der Waals surface area contributed by atoms with Crippen LogP contribution < -0.4 is 9.80 Å². The molecule has 0 aliphatic heterocycles. The largest absolute Gasteiger partial charge is 0.360 e. The van der Waals surface area contributed by atoms with Crippen molar-refractivity contribution < 1.29 is 4.79 Å². The molecule has 0 radical (unpaired) electrons. The molecule has 1 heterocycles. The summed E-state index contributed by atoms with van der Waals surface area (Å²) in [5.74, 6) is 1.80. The van der Waals surface area contributed by atoms with Crippen molar-refractivity contribution in [3.05, 3.63) is 12.4 Å². The molecule has 0 saturated carbocycles. The summed E-state index contributed by atoms with van der Waals surface area (Å²) < 4.78 is 0. The summed E-state index contributed by atoms with van der Waals surface area (Å²) in [5, 5.41) is 0. The van der Waals surface area contributed by atoms with Gasteiger partial charge in [0.2, 0.25) is 0 Å². The van der Waals surface area contributed by atoms with Crippen molar-refractivity contribution in [2.75, 3.05) is 37.0 Å². The van der Waals surface area contributed by atoms with Gasteiger partial charge in [0.1, 0.15) is 23.7 Å². The maximum Gasteiger partial charge on any atom is 0.149 e. The maximum atomic E-state index is 11.1. The third kappa shape index (κ3) is 5.24. The van der Waals surface area contributed by atoms with E-state index >= 15 is 0 Å². The molecule has 5 heteroatoms. The number of ketones is 1. The Morgan fingerprint density at radius 1 is 1.16 bits per heavy atom. The van der Waals surface area contributed by atoms with Crippen LogP contribution in [-0.2, 0) is 4.79 Å². The number of rotatable bonds is 8. The molecule has 0 aliphatic rings. The van der Waals surface area contributed by atoms with E-state index in [1.54, 1.807) is 13.3 Å². The first-order valence-electron chi connectivity index (χ1n) is 6.78. The molecule has 1 aromatic heterocycles. The molecule has 1 rings (SSSR count). The van der Waals surface area contributed by atoms with Crippen LogP contribution in [0.1, 0.15) is 33.1 Å². The minimum Gasteiger partial charge on any atom is -0.360 e. The fraction of sp³-hybridized carbons (Fsp3) is 0.643. The molecule has 0 spiro atoms. The van der Waals surface area contributed by atoms with Crippen LogP contribution in [-0.4, -0.2) is 42.9 Å². The van der Waals surface area contributed by atoms with Crippen molar-refractivity contribution in [2.24, 2.45) is 0 Å². The molecule has 0 N–H and O–H groups in total. The van der Waals surface area contributed by atoms with Crippen LogP contribution in [0.5, 0.6) is 0 Å². The van der Waals surface area contributed by atoms with E-state index in [1.165, 1.54) is 12.8 Å². The summed E-state index contributed by atoms with van der Waals surface area (Å²) in [7, 11) is 3.90. The normalized spacial score (nSPS) is 10.3. The van der Waals surface area contributed by atoms with Crippen molar-refractivity contribution >= 4 is 17.4 Å². The molecule has 1 aromatic rings. The van der Waals surface area contributed by atoms with E-state index in [0.29, 0.717) is 6.54 Å². The number of carbonyl (C=O) groups excluding carboxylic acids is 1. The first-order valence-corrected chi connectivity index (χ1v) is 6.78. The number of hydrogen-bond acceptors (Lipinski definition) is 5. The quantitative estimate of drug-likeness (QED) is 0.673. The van der Waals surface area contributed by atoms with E-state index in [0.717, 1.165) is 24.6 Å². The molecule has 0 unspecified atom stereocenters. The highest BCUT2D eigenvalue weighted by molar-refractivity contribution is 5.80. The number of aromatic nitrogens is 2. The van der Waals surface area contributed by atoms with Gasteiger partial charge in [-0.3, -0.25) is 4.79 Å². The summed E-state index contributed by atoms with van der Waals surface area (Å²) in [6, 6.07) is 1.93. The van der Waals surface area contributed by atoms with E-state index in [9.17, 15) is 4.79 Å². The van der Waals surface area contributed by atoms with Gasteiger partial charge in [-0.05, 0) is 13.3 Å². The van der Waals surface area contributed by atoms with Gasteiger partial charge in [-0.1, -0.05) is 19.8 Å². The van der Waals surface area contributed by atoms with E-state index in [-0.39, 0.29) is 5.78 Å². The minimum atomic E-state index is 0.124. The second-order valence-corrected chi connectivity index (χ2v) is 4.92. The van der Waals surface area contributed by atoms with Crippen LogP contribution in [0.15, 0.2) is 12.4 Å². The van der Waals surface area contributed by atoms with Gasteiger partial charge in [0.15, 0.2) is 0 Å². The maximum absolute atomic E-state index is 11.1. The number of nitrogens with zero attached hydrogens (tertiary/aromatic N) is 4. The molecule has 0 aliphatic carbocycles. The Hall–Kier alpha value is -1.65. The van der Waals surface area contributed by atoms with Crippen LogP contribution in [0.2, 0.25) is 0 Å². The van der Waals surface area contributed by atoms with Crippen molar-refractivity contribution in [1.82, 2.24) is 9.97 Å². The molecule has 0 bridgehead atoms. The van der Waals surface area contributed by atoms with Crippen LogP contribution in [0, 0.1) is 0 Å². The monoisotopic (exact) mass is 264 g/mol. The predicted molar refractivity (Wildman–Crippen MR) is 78.8 cm³/mol. The summed E-state index contributed by atoms with van der Waals surface area (Å²) >= 11 is 0. The fourth-order valence-corrected chi connectivity index (χ4v) is 1.88. The van der Waals surface area contributed by atoms with E-state index < -0.39 is 0 Å². The Morgan fingerprint density at radius 2 is 1.79 bits per heavy atom. The molecular formula is C14H24N4O. The predicted octanol–water partition coefficient (Wildman–Crippen LogP) is 2.13. The van der Waals surface area contributed by atoms with Gasteiger partial charge >= 0.3 is 0 Å². The van der Waals surface area contributed by atoms with Crippen molar-refractivity contribution in [2.45, 2.75) is 33.1 Å². The summed E-state index contributed by atoms with van der Waals surface area (Å²) in [5.41, 5.74) is 0. The molecule has 0 aromatic carbocycles. The lowest BCUT2D eigenvalue weighted by molar-refractivity contribution is -0.115. The molecule has 0 amide bonds. The van der Waals surface area contributed by atoms with Crippen LogP contribution in [0.25, 0.3) is 0 Å². The molecule has 0 saturated heterocycles. The van der Waals surface area contributed by atoms with Crippen molar-refractivity contribution in [3.8, 4) is 0 Å². The summed E-state index contributed by atoms with van der Waals surface area (Å²) in [6.07, 6.45) is 5.16. The number of anilines is 2. The average Bonchev–Trinajstić information content (AvgIpc) is 2.38. The van der Waals surface area contributed by atoms with E-state index in [1.807, 2.05) is 25.1 Å². The Balaban J connectivity index is 2.67. The highest BCUT2D eigenvalue weighted by Crippen LogP contribution is 2.16. The smallest absolute Gasteiger partial charge is 0.149 e. The van der Waals surface area contributed by atoms with Crippen LogP contribution in [0.3, 0.4) is 0 Å². The van der Waals surface area contributed by atoms with Gasteiger partial charge < -0.3 is 9.80 Å². The van der Waals surface area contributed by atoms with Gasteiger partial charge in [0, 0.05) is 26.7 Å². The second kappa shape index (κ2) is 7.71. The van der Waals surface area contributed by atoms with Crippen molar-refractivity contribution in [1.29, 1.82) is 0 Å². The SMILES string of the molecule is CCCCCN(C)c1cc(N(C)CC(C)=O)ncn1. The summed E-state index contributed by atoms with van der Waals surface area (Å²) in [4.78, 5) is 23.6. The Morgan fingerprint density at radius 3 is 2.37 bits per heavy atom. The topological polar surface area (TPSA) is 49.3 Å². The molecular weight excluding hydrogens is 240 g/mol. The zero-order valence-electron chi connectivity index (χ0n) is 12.4. The molecule has 19 heavy (non-hydrogen) atoms. The number of carbonyl (C=O) groups is 1. The highest BCUT2D eigenvalue weighted by Gasteiger charge is 2.08. The Kier molecular flexibility index (Phi) is 6.25. The molecule has 0 atom stereocenters. The third-order valence-corrected chi connectivity index (χ3v) is 2.98. The number of unbranched alkanes of at least 4 members (excludes halogenated alkanes) is 2.